The van der Waals surface area contributed by atoms with Crippen molar-refractivity contribution in [1.29, 1.82) is 0 Å². The van der Waals surface area contributed by atoms with Crippen molar-refractivity contribution in [2.75, 3.05) is 38.0 Å². The van der Waals surface area contributed by atoms with Gasteiger partial charge in [-0.2, -0.15) is 0 Å². The molecule has 2 unspecified atom stereocenters. The third kappa shape index (κ3) is 6.37. The summed E-state index contributed by atoms with van der Waals surface area (Å²) in [5.74, 6) is 0.569. The van der Waals surface area contributed by atoms with Crippen molar-refractivity contribution in [3.63, 3.8) is 0 Å². The highest BCUT2D eigenvalue weighted by atomic mass is 35.5. The minimum absolute atomic E-state index is 0.232. The number of nitrogens with one attached hydrogen (secondary N) is 2. The van der Waals surface area contributed by atoms with Gasteiger partial charge in [0.05, 0.1) is 47.4 Å². The molecule has 0 spiro atoms. The van der Waals surface area contributed by atoms with Crippen LogP contribution in [0.25, 0.3) is 11.3 Å². The molecule has 0 fully saturated rings. The average molecular weight is 638 g/mol. The second-order valence-electron chi connectivity index (χ2n) is 10.3. The molecule has 228 valence electrons. The first-order chi connectivity index (χ1) is 21.1. The van der Waals surface area contributed by atoms with Crippen molar-refractivity contribution >= 4 is 52.5 Å². The molecule has 3 aromatic heterocycles. The van der Waals surface area contributed by atoms with E-state index in [4.69, 9.17) is 27.9 Å². The van der Waals surface area contributed by atoms with E-state index >= 15 is 0 Å². The van der Waals surface area contributed by atoms with Crippen molar-refractivity contribution in [2.24, 2.45) is 0 Å². The van der Waals surface area contributed by atoms with E-state index in [0.717, 1.165) is 5.56 Å². The van der Waals surface area contributed by atoms with E-state index in [0.29, 0.717) is 55.9 Å². The Hall–Kier alpha value is -4.52. The van der Waals surface area contributed by atoms with Gasteiger partial charge in [-0.1, -0.05) is 35.3 Å². The highest BCUT2D eigenvalue weighted by Crippen LogP contribution is 2.33. The van der Waals surface area contributed by atoms with Crippen LogP contribution in [-0.4, -0.2) is 75.6 Å². The Morgan fingerprint density at radius 1 is 1.11 bits per heavy atom. The summed E-state index contributed by atoms with van der Waals surface area (Å²) >= 11 is 12.8. The van der Waals surface area contributed by atoms with Gasteiger partial charge in [0.1, 0.15) is 11.9 Å². The van der Waals surface area contributed by atoms with Gasteiger partial charge in [-0.15, -0.1) is 0 Å². The maximum absolute atomic E-state index is 13.5. The first kappa shape index (κ1) is 30.9. The van der Waals surface area contributed by atoms with E-state index in [1.807, 2.05) is 26.2 Å². The Morgan fingerprint density at radius 3 is 2.64 bits per heavy atom. The van der Waals surface area contributed by atoms with Gasteiger partial charge in [0.2, 0.25) is 17.7 Å². The Bertz CT molecular complexity index is 1720. The highest BCUT2D eigenvalue weighted by molar-refractivity contribution is 6.33. The number of amides is 2. The van der Waals surface area contributed by atoms with Gasteiger partial charge < -0.3 is 30.3 Å². The largest absolute Gasteiger partial charge is 0.481 e. The topological polar surface area (TPSA) is 146 Å². The van der Waals surface area contributed by atoms with E-state index in [2.05, 4.69) is 30.6 Å². The van der Waals surface area contributed by atoms with Crippen LogP contribution in [0.3, 0.4) is 0 Å². The standard InChI is InChI=1S/C30H30Cl2N8O4/c1-16(28(42)36-23(15-41)27-21(31)7-8-24(37-27)39(2)3)40-14-18-6-5-17(11-20(18)29(40)43)26-22(32)13-34-30(38-26)35-19-9-10-33-25(12-19)44-4/h5-13,16,23,41H,14-15H2,1-4H3,(H,36,42)(H,33,34,35,38). The Morgan fingerprint density at radius 2 is 1.91 bits per heavy atom. The van der Waals surface area contributed by atoms with Gasteiger partial charge >= 0.3 is 0 Å². The summed E-state index contributed by atoms with van der Waals surface area (Å²) in [5, 5.41) is 16.6. The summed E-state index contributed by atoms with van der Waals surface area (Å²) < 4.78 is 5.16. The van der Waals surface area contributed by atoms with Crippen LogP contribution in [0.5, 0.6) is 5.88 Å². The van der Waals surface area contributed by atoms with Crippen LogP contribution in [0.1, 0.15) is 34.6 Å². The molecule has 0 radical (unpaired) electrons. The monoisotopic (exact) mass is 636 g/mol. The second kappa shape index (κ2) is 13.0. The number of halogens is 2. The van der Waals surface area contributed by atoms with Crippen molar-refractivity contribution in [3.05, 3.63) is 81.7 Å². The smallest absolute Gasteiger partial charge is 0.255 e. The summed E-state index contributed by atoms with van der Waals surface area (Å²) in [7, 11) is 5.17. The number of carbonyl (C=O) groups is 2. The predicted molar refractivity (Wildman–Crippen MR) is 167 cm³/mol. The fraction of sp³-hybridized carbons (Fsp3) is 0.267. The molecule has 4 heterocycles. The molecule has 44 heavy (non-hydrogen) atoms. The molecular formula is C30H30Cl2N8O4. The lowest BCUT2D eigenvalue weighted by molar-refractivity contribution is -0.126. The predicted octanol–water partition coefficient (Wildman–Crippen LogP) is 4.25. The molecule has 4 aromatic rings. The molecule has 0 saturated carbocycles. The van der Waals surface area contributed by atoms with E-state index in [1.165, 1.54) is 18.2 Å². The molecule has 0 saturated heterocycles. The van der Waals surface area contributed by atoms with Crippen LogP contribution in [0.15, 0.2) is 54.9 Å². The van der Waals surface area contributed by atoms with Gasteiger partial charge in [0.25, 0.3) is 5.91 Å². The first-order valence-electron chi connectivity index (χ1n) is 13.6. The Labute approximate surface area is 264 Å². The minimum Gasteiger partial charge on any atom is -0.481 e. The summed E-state index contributed by atoms with van der Waals surface area (Å²) in [6.07, 6.45) is 3.07. The third-order valence-corrected chi connectivity index (χ3v) is 7.75. The van der Waals surface area contributed by atoms with Gasteiger partial charge in [-0.05, 0) is 36.8 Å². The van der Waals surface area contributed by atoms with E-state index < -0.39 is 24.6 Å². The molecule has 2 amide bonds. The Balaban J connectivity index is 1.33. The highest BCUT2D eigenvalue weighted by Gasteiger charge is 2.35. The van der Waals surface area contributed by atoms with E-state index in [1.54, 1.807) is 48.4 Å². The lowest BCUT2D eigenvalue weighted by Crippen LogP contribution is -2.47. The molecule has 0 aliphatic carbocycles. The number of pyridine rings is 2. The molecule has 3 N–H and O–H groups in total. The fourth-order valence-corrected chi connectivity index (χ4v) is 5.15. The number of aromatic nitrogens is 4. The number of fused-ring (bicyclic) bond motifs is 1. The SMILES string of the molecule is COc1cc(Nc2ncc(Cl)c(-c3ccc4c(c3)C(=O)N(C(C)C(=O)NC(CO)c3nc(N(C)C)ccc3Cl)C4)n2)ccn1. The van der Waals surface area contributed by atoms with Crippen LogP contribution in [0.4, 0.5) is 17.5 Å². The van der Waals surface area contributed by atoms with Crippen LogP contribution in [0, 0.1) is 0 Å². The lowest BCUT2D eigenvalue weighted by Gasteiger charge is -2.26. The number of aliphatic hydroxyl groups is 1. The number of aliphatic hydroxyl groups excluding tert-OH is 1. The van der Waals surface area contributed by atoms with E-state index in [9.17, 15) is 14.7 Å². The number of nitrogens with zero attached hydrogens (tertiary/aromatic N) is 6. The molecule has 1 aromatic carbocycles. The number of ether oxygens (including phenoxy) is 1. The molecule has 1 aliphatic rings. The van der Waals surface area contributed by atoms with Gasteiger partial charge in [-0.3, -0.25) is 9.59 Å². The first-order valence-corrected chi connectivity index (χ1v) is 14.3. The molecule has 14 heteroatoms. The van der Waals surface area contributed by atoms with Gasteiger partial charge in [0.15, 0.2) is 0 Å². The quantitative estimate of drug-likeness (QED) is 0.231. The summed E-state index contributed by atoms with van der Waals surface area (Å²) in [6.45, 7) is 1.44. The molecule has 0 bridgehead atoms. The number of benzene rings is 1. The molecule has 5 rings (SSSR count). The number of methoxy groups -OCH3 is 1. The van der Waals surface area contributed by atoms with Gasteiger partial charge in [-0.25, -0.2) is 19.9 Å². The van der Waals surface area contributed by atoms with Gasteiger partial charge in [0, 0.05) is 49.7 Å². The number of anilines is 3. The molecular weight excluding hydrogens is 607 g/mol. The van der Waals surface area contributed by atoms with E-state index in [-0.39, 0.29) is 12.5 Å². The molecule has 12 nitrogen and oxygen atoms in total. The summed E-state index contributed by atoms with van der Waals surface area (Å²) in [6, 6.07) is 10.5. The molecule has 1 aliphatic heterocycles. The normalized spacial score (nSPS) is 13.7. The number of carbonyl (C=O) groups excluding carboxylic acids is 2. The van der Waals surface area contributed by atoms with Crippen LogP contribution >= 0.6 is 23.2 Å². The Kier molecular flexibility index (Phi) is 9.14. The number of hydrogen-bond donors (Lipinski definition) is 3. The number of hydrogen-bond acceptors (Lipinski definition) is 10. The van der Waals surface area contributed by atoms with Crippen molar-refractivity contribution in [1.82, 2.24) is 30.2 Å². The second-order valence-corrected chi connectivity index (χ2v) is 11.1. The molecule has 2 atom stereocenters. The summed E-state index contributed by atoms with van der Waals surface area (Å²) in [5.41, 5.74) is 3.24. The number of rotatable bonds is 10. The summed E-state index contributed by atoms with van der Waals surface area (Å²) in [4.78, 5) is 47.5. The fourth-order valence-electron chi connectivity index (χ4n) is 4.72. The maximum atomic E-state index is 13.5. The lowest BCUT2D eigenvalue weighted by atomic mass is 10.0. The zero-order chi connectivity index (χ0) is 31.5. The third-order valence-electron chi connectivity index (χ3n) is 7.15. The zero-order valence-corrected chi connectivity index (χ0v) is 25.9. The van der Waals surface area contributed by atoms with Crippen molar-refractivity contribution in [3.8, 4) is 17.1 Å². The van der Waals surface area contributed by atoms with Crippen molar-refractivity contribution < 1.29 is 19.4 Å². The maximum Gasteiger partial charge on any atom is 0.255 e. The minimum atomic E-state index is -0.861. The average Bonchev–Trinajstić information content (AvgIpc) is 3.35. The van der Waals surface area contributed by atoms with Crippen molar-refractivity contribution in [2.45, 2.75) is 25.6 Å². The zero-order valence-electron chi connectivity index (χ0n) is 24.4. The van der Waals surface area contributed by atoms with Crippen LogP contribution in [0.2, 0.25) is 10.0 Å². The van der Waals surface area contributed by atoms with Crippen LogP contribution in [-0.2, 0) is 11.3 Å². The van der Waals surface area contributed by atoms with Crippen LogP contribution < -0.4 is 20.3 Å².